The maximum atomic E-state index is 12.9. The van der Waals surface area contributed by atoms with E-state index in [1.807, 2.05) is 13.0 Å². The molecule has 0 bridgehead atoms. The minimum absolute atomic E-state index is 0.217. The van der Waals surface area contributed by atoms with Crippen molar-refractivity contribution >= 4 is 80.7 Å². The van der Waals surface area contributed by atoms with Crippen LogP contribution < -0.4 is 14.8 Å². The van der Waals surface area contributed by atoms with E-state index in [1.54, 1.807) is 35.2 Å². The van der Waals surface area contributed by atoms with E-state index in [-0.39, 0.29) is 29.9 Å². The number of nitrogens with zero attached hydrogens (tertiary/aromatic N) is 2. The summed E-state index contributed by atoms with van der Waals surface area (Å²) in [4.78, 5) is 53.4. The fourth-order valence-electron chi connectivity index (χ4n) is 4.13. The summed E-state index contributed by atoms with van der Waals surface area (Å²) in [5, 5.41) is 2.81. The predicted octanol–water partition coefficient (Wildman–Crippen LogP) is 5.33. The Hall–Kier alpha value is -2.77. The third-order valence-corrected chi connectivity index (χ3v) is 8.34. The second kappa shape index (κ2) is 13.1. The van der Waals surface area contributed by atoms with Crippen LogP contribution in [0.2, 0.25) is 5.02 Å². The van der Waals surface area contributed by atoms with Crippen LogP contribution in [0, 0.1) is 10.5 Å². The molecule has 2 aromatic carbocycles. The number of aryl methyl sites for hydroxylation is 1. The summed E-state index contributed by atoms with van der Waals surface area (Å²) in [7, 11) is 1.47. The van der Waals surface area contributed by atoms with Crippen LogP contribution in [0.25, 0.3) is 6.08 Å². The van der Waals surface area contributed by atoms with Gasteiger partial charge in [-0.3, -0.25) is 24.1 Å². The zero-order chi connectivity index (χ0) is 28.1. The first-order valence-corrected chi connectivity index (χ1v) is 14.5. The lowest BCUT2D eigenvalue weighted by Gasteiger charge is -2.27. The summed E-state index contributed by atoms with van der Waals surface area (Å²) in [6.07, 6.45) is 4.52. The van der Waals surface area contributed by atoms with Crippen molar-refractivity contribution in [3.05, 3.63) is 55.0 Å². The Labute approximate surface area is 249 Å². The van der Waals surface area contributed by atoms with Crippen LogP contribution in [0.4, 0.5) is 10.5 Å². The lowest BCUT2D eigenvalue weighted by molar-refractivity contribution is -0.136. The van der Waals surface area contributed by atoms with Gasteiger partial charge in [0.1, 0.15) is 6.54 Å². The number of benzene rings is 2. The first-order chi connectivity index (χ1) is 18.7. The smallest absolute Gasteiger partial charge is 0.294 e. The van der Waals surface area contributed by atoms with Crippen LogP contribution in [0.3, 0.4) is 0 Å². The van der Waals surface area contributed by atoms with Gasteiger partial charge in [0.05, 0.1) is 15.6 Å². The van der Waals surface area contributed by atoms with E-state index in [9.17, 15) is 19.2 Å². The van der Waals surface area contributed by atoms with Gasteiger partial charge in [-0.1, -0.05) is 17.7 Å². The van der Waals surface area contributed by atoms with E-state index < -0.39 is 11.1 Å². The lowest BCUT2D eigenvalue weighted by Crippen LogP contribution is -2.44. The Morgan fingerprint density at radius 2 is 1.90 bits per heavy atom. The van der Waals surface area contributed by atoms with Crippen LogP contribution in [0.1, 0.15) is 30.4 Å². The Bertz CT molecular complexity index is 1350. The summed E-state index contributed by atoms with van der Waals surface area (Å²) in [5.41, 5.74) is 2.07. The van der Waals surface area contributed by atoms with Crippen molar-refractivity contribution in [3.8, 4) is 11.5 Å². The van der Waals surface area contributed by atoms with Gasteiger partial charge < -0.3 is 19.7 Å². The SMILES string of the molecule is COc1cc(/C=C2\SC(=O)N(CC(=O)N3CCCCC3)C2=O)cc(I)c1OCC(=O)Nc1ccc(C)c(Cl)c1. The number of ether oxygens (including phenoxy) is 2. The topological polar surface area (TPSA) is 105 Å². The monoisotopic (exact) mass is 683 g/mol. The van der Waals surface area contributed by atoms with E-state index >= 15 is 0 Å². The molecule has 0 aliphatic carbocycles. The largest absolute Gasteiger partial charge is 0.493 e. The molecule has 2 heterocycles. The normalized spacial score (nSPS) is 16.6. The molecule has 0 atom stereocenters. The number of hydrogen-bond donors (Lipinski definition) is 1. The second-order valence-corrected chi connectivity index (χ2v) is 11.6. The molecule has 2 saturated heterocycles. The van der Waals surface area contributed by atoms with E-state index in [1.165, 1.54) is 7.11 Å². The summed E-state index contributed by atoms with van der Waals surface area (Å²) in [6, 6.07) is 8.64. The molecule has 0 radical (unpaired) electrons. The van der Waals surface area contributed by atoms with Crippen molar-refractivity contribution in [2.24, 2.45) is 0 Å². The Kier molecular flexibility index (Phi) is 9.78. The van der Waals surface area contributed by atoms with Crippen LogP contribution >= 0.6 is 46.0 Å². The Morgan fingerprint density at radius 3 is 2.59 bits per heavy atom. The number of carbonyl (C=O) groups excluding carboxylic acids is 4. The van der Waals surface area contributed by atoms with E-state index in [0.717, 1.165) is 41.5 Å². The first-order valence-electron chi connectivity index (χ1n) is 12.3. The van der Waals surface area contributed by atoms with Crippen molar-refractivity contribution in [1.29, 1.82) is 0 Å². The first kappa shape index (κ1) is 29.2. The number of halogens is 2. The number of carbonyl (C=O) groups is 4. The molecular weight excluding hydrogens is 657 g/mol. The zero-order valence-corrected chi connectivity index (χ0v) is 25.2. The molecule has 4 amide bonds. The van der Waals surface area contributed by atoms with Gasteiger partial charge in [-0.15, -0.1) is 0 Å². The highest BCUT2D eigenvalue weighted by atomic mass is 127. The highest BCUT2D eigenvalue weighted by Gasteiger charge is 2.37. The number of hydrogen-bond acceptors (Lipinski definition) is 7. The summed E-state index contributed by atoms with van der Waals surface area (Å²) in [5.74, 6) is -0.362. The summed E-state index contributed by atoms with van der Waals surface area (Å²) >= 11 is 8.97. The average molecular weight is 684 g/mol. The molecule has 0 saturated carbocycles. The van der Waals surface area contributed by atoms with Gasteiger partial charge in [0.25, 0.3) is 17.1 Å². The number of likely N-dealkylation sites (tertiary alicyclic amines) is 1. The van der Waals surface area contributed by atoms with Crippen molar-refractivity contribution in [1.82, 2.24) is 9.80 Å². The minimum Gasteiger partial charge on any atom is -0.493 e. The molecule has 0 unspecified atom stereocenters. The summed E-state index contributed by atoms with van der Waals surface area (Å²) in [6.45, 7) is 2.66. The molecule has 4 rings (SSSR count). The number of anilines is 1. The highest BCUT2D eigenvalue weighted by molar-refractivity contribution is 14.1. The molecule has 2 aliphatic rings. The predicted molar refractivity (Wildman–Crippen MR) is 159 cm³/mol. The van der Waals surface area contributed by atoms with Crippen molar-refractivity contribution in [2.45, 2.75) is 26.2 Å². The standard InChI is InChI=1S/C27H27ClIN3O6S/c1-16-6-7-18(13-19(16)28)30-23(33)15-38-25-20(29)10-17(11-21(25)37-2)12-22-26(35)32(27(36)39-22)14-24(34)31-8-4-3-5-9-31/h6-7,10-13H,3-5,8-9,14-15H2,1-2H3,(H,30,33)/b22-12-. The quantitative estimate of drug-likeness (QED) is 0.297. The fraction of sp³-hybridized carbons (Fsp3) is 0.333. The van der Waals surface area contributed by atoms with Crippen LogP contribution in [0.5, 0.6) is 11.5 Å². The highest BCUT2D eigenvalue weighted by Crippen LogP contribution is 2.37. The van der Waals surface area contributed by atoms with Crippen molar-refractivity contribution in [2.75, 3.05) is 38.7 Å². The second-order valence-electron chi connectivity index (χ2n) is 9.04. The van der Waals surface area contributed by atoms with Gasteiger partial charge in [-0.2, -0.15) is 0 Å². The molecule has 39 heavy (non-hydrogen) atoms. The molecule has 2 aromatic rings. The van der Waals surface area contributed by atoms with Crippen LogP contribution in [0.15, 0.2) is 35.2 Å². The van der Waals surface area contributed by atoms with Crippen molar-refractivity contribution in [3.63, 3.8) is 0 Å². The van der Waals surface area contributed by atoms with Crippen molar-refractivity contribution < 1.29 is 28.7 Å². The molecule has 9 nitrogen and oxygen atoms in total. The van der Waals surface area contributed by atoms with Gasteiger partial charge in [-0.05, 0) is 102 Å². The number of thioether (sulfide) groups is 1. The summed E-state index contributed by atoms with van der Waals surface area (Å²) < 4.78 is 11.9. The number of amides is 4. The maximum absolute atomic E-state index is 12.9. The van der Waals surface area contributed by atoms with Gasteiger partial charge in [0, 0.05) is 23.8 Å². The van der Waals surface area contributed by atoms with Crippen LogP contribution in [-0.2, 0) is 14.4 Å². The molecule has 2 aliphatic heterocycles. The number of methoxy groups -OCH3 is 1. The fourth-order valence-corrected chi connectivity index (χ4v) is 5.93. The lowest BCUT2D eigenvalue weighted by atomic mass is 10.1. The van der Waals surface area contributed by atoms with E-state index in [0.29, 0.717) is 44.4 Å². The average Bonchev–Trinajstić information content (AvgIpc) is 3.17. The molecule has 0 aromatic heterocycles. The molecule has 12 heteroatoms. The third kappa shape index (κ3) is 7.25. The molecule has 1 N–H and O–H groups in total. The van der Waals surface area contributed by atoms with Gasteiger partial charge in [-0.25, -0.2) is 0 Å². The number of piperidine rings is 1. The zero-order valence-electron chi connectivity index (χ0n) is 21.4. The van der Waals surface area contributed by atoms with E-state index in [2.05, 4.69) is 27.9 Å². The van der Waals surface area contributed by atoms with Crippen LogP contribution in [-0.4, -0.2) is 66.1 Å². The molecule has 0 spiro atoms. The van der Waals surface area contributed by atoms with Gasteiger partial charge in [0.15, 0.2) is 18.1 Å². The molecule has 2 fully saturated rings. The van der Waals surface area contributed by atoms with Gasteiger partial charge >= 0.3 is 0 Å². The third-order valence-electron chi connectivity index (χ3n) is 6.23. The number of imide groups is 1. The molecular formula is C27H27ClIN3O6S. The minimum atomic E-state index is -0.502. The maximum Gasteiger partial charge on any atom is 0.294 e. The Morgan fingerprint density at radius 1 is 1.15 bits per heavy atom. The van der Waals surface area contributed by atoms with E-state index in [4.69, 9.17) is 21.1 Å². The Balaban J connectivity index is 1.42. The molecule has 206 valence electrons. The van der Waals surface area contributed by atoms with Gasteiger partial charge in [0.2, 0.25) is 5.91 Å². The number of nitrogens with one attached hydrogen (secondary N) is 1. The number of rotatable bonds is 8.